The summed E-state index contributed by atoms with van der Waals surface area (Å²) in [5.74, 6) is 0.142. The number of anilines is 1. The number of nitrogen functional groups attached to an aromatic ring is 1. The molecule has 0 aromatic carbocycles. The maximum absolute atomic E-state index is 12.5. The summed E-state index contributed by atoms with van der Waals surface area (Å²) < 4.78 is 30.7. The number of phosphoric ester groups is 1. The van der Waals surface area contributed by atoms with Gasteiger partial charge >= 0.3 is 7.82 Å². The van der Waals surface area contributed by atoms with Crippen LogP contribution in [-0.2, 0) is 18.1 Å². The van der Waals surface area contributed by atoms with E-state index in [1.807, 2.05) is 4.57 Å². The SMILES string of the molecule is CC(C)OP1(=O)OCC2C[C@@H](n3cnc4c(=O)[nH]c(N)nc43)CC2O1. The van der Waals surface area contributed by atoms with Crippen molar-refractivity contribution in [3.63, 3.8) is 0 Å². The van der Waals surface area contributed by atoms with Crippen molar-refractivity contribution in [3.8, 4) is 0 Å². The fraction of sp³-hybridized carbons (Fsp3) is 0.643. The number of aromatic nitrogens is 4. The maximum Gasteiger partial charge on any atom is 0.475 e. The molecule has 136 valence electrons. The second-order valence-electron chi connectivity index (χ2n) is 6.70. The molecule has 0 radical (unpaired) electrons. The van der Waals surface area contributed by atoms with Gasteiger partial charge in [-0.05, 0) is 26.7 Å². The molecule has 1 saturated heterocycles. The van der Waals surface area contributed by atoms with Crippen LogP contribution in [0.25, 0.3) is 11.2 Å². The van der Waals surface area contributed by atoms with E-state index in [4.69, 9.17) is 19.3 Å². The Bertz CT molecular complexity index is 909. The molecular formula is C14H20N5O5P. The number of hydrogen-bond acceptors (Lipinski definition) is 8. The standard InChI is InChI=1S/C14H20N5O5P/c1-7(2)23-25(21)22-5-8-3-9(4-10(8)24-25)19-6-16-11-12(19)17-14(15)18-13(11)20/h6-10H,3-5H2,1-2H3,(H3,15,17,18,20)/t8?,9-,10?,25?/m1/s1. The van der Waals surface area contributed by atoms with Crippen molar-refractivity contribution in [2.45, 2.75) is 44.9 Å². The van der Waals surface area contributed by atoms with Crippen molar-refractivity contribution in [2.75, 3.05) is 12.3 Å². The fourth-order valence-electron chi connectivity index (χ4n) is 3.50. The summed E-state index contributed by atoms with van der Waals surface area (Å²) in [6.45, 7) is 3.87. The molecule has 2 aromatic rings. The summed E-state index contributed by atoms with van der Waals surface area (Å²) >= 11 is 0. The van der Waals surface area contributed by atoms with E-state index in [1.165, 1.54) is 0 Å². The maximum atomic E-state index is 12.5. The first-order valence-corrected chi connectivity index (χ1v) is 9.64. The highest BCUT2D eigenvalue weighted by Gasteiger charge is 2.47. The van der Waals surface area contributed by atoms with Gasteiger partial charge in [0, 0.05) is 12.0 Å². The molecule has 11 heteroatoms. The summed E-state index contributed by atoms with van der Waals surface area (Å²) in [7, 11) is -3.52. The average Bonchev–Trinajstić information content (AvgIpc) is 3.08. The van der Waals surface area contributed by atoms with Gasteiger partial charge in [0.1, 0.15) is 0 Å². The number of rotatable bonds is 3. The molecule has 0 bridgehead atoms. The molecule has 3 heterocycles. The van der Waals surface area contributed by atoms with Crippen LogP contribution in [0.1, 0.15) is 32.7 Å². The van der Waals surface area contributed by atoms with Gasteiger partial charge in [0.05, 0.1) is 25.1 Å². The van der Waals surface area contributed by atoms with Crippen LogP contribution in [0.5, 0.6) is 0 Å². The normalized spacial score (nSPS) is 32.4. The summed E-state index contributed by atoms with van der Waals surface area (Å²) in [6, 6.07) is 0.00269. The lowest BCUT2D eigenvalue weighted by Crippen LogP contribution is -2.28. The van der Waals surface area contributed by atoms with Gasteiger partial charge in [0.2, 0.25) is 5.95 Å². The first-order valence-electron chi connectivity index (χ1n) is 8.18. The number of fused-ring (bicyclic) bond motifs is 2. The molecular weight excluding hydrogens is 349 g/mol. The van der Waals surface area contributed by atoms with Crippen molar-refractivity contribution in [3.05, 3.63) is 16.7 Å². The van der Waals surface area contributed by atoms with Crippen molar-refractivity contribution < 1.29 is 18.1 Å². The molecule has 0 amide bonds. The molecule has 2 aromatic heterocycles. The molecule has 25 heavy (non-hydrogen) atoms. The van der Waals surface area contributed by atoms with Crippen molar-refractivity contribution >= 4 is 24.9 Å². The number of nitrogens with two attached hydrogens (primary N) is 1. The summed E-state index contributed by atoms with van der Waals surface area (Å²) in [4.78, 5) is 22.7. The Morgan fingerprint density at radius 3 is 3.04 bits per heavy atom. The Morgan fingerprint density at radius 1 is 1.48 bits per heavy atom. The lowest BCUT2D eigenvalue weighted by Gasteiger charge is -2.31. The van der Waals surface area contributed by atoms with Crippen LogP contribution in [0.2, 0.25) is 0 Å². The van der Waals surface area contributed by atoms with Gasteiger partial charge in [-0.25, -0.2) is 9.55 Å². The minimum absolute atomic E-state index is 0.00269. The Kier molecular flexibility index (Phi) is 3.95. The molecule has 2 fully saturated rings. The lowest BCUT2D eigenvalue weighted by atomic mass is 10.1. The molecule has 4 rings (SSSR count). The van der Waals surface area contributed by atoms with Crippen molar-refractivity contribution in [2.24, 2.45) is 5.92 Å². The quantitative estimate of drug-likeness (QED) is 0.779. The molecule has 4 atom stereocenters. The van der Waals surface area contributed by atoms with Crippen LogP contribution >= 0.6 is 7.82 Å². The summed E-state index contributed by atoms with van der Waals surface area (Å²) in [5.41, 5.74) is 5.96. The fourth-order valence-corrected chi connectivity index (χ4v) is 5.15. The molecule has 1 aliphatic heterocycles. The number of hydrogen-bond donors (Lipinski definition) is 2. The number of aromatic amines is 1. The molecule has 10 nitrogen and oxygen atoms in total. The Balaban J connectivity index is 1.59. The molecule has 1 saturated carbocycles. The van der Waals surface area contributed by atoms with Crippen molar-refractivity contribution in [1.82, 2.24) is 19.5 Å². The van der Waals surface area contributed by atoms with Gasteiger partial charge in [0.25, 0.3) is 5.56 Å². The second-order valence-corrected chi connectivity index (χ2v) is 8.28. The Hall–Kier alpha value is -1.74. The third kappa shape index (κ3) is 2.99. The molecule has 3 unspecified atom stereocenters. The van der Waals surface area contributed by atoms with E-state index in [0.717, 1.165) is 6.42 Å². The van der Waals surface area contributed by atoms with E-state index in [-0.39, 0.29) is 41.2 Å². The van der Waals surface area contributed by atoms with Gasteiger partial charge in [-0.2, -0.15) is 4.98 Å². The molecule has 0 spiro atoms. The smallest absolute Gasteiger partial charge is 0.369 e. The third-order valence-electron chi connectivity index (χ3n) is 4.50. The van der Waals surface area contributed by atoms with Crippen LogP contribution in [0.3, 0.4) is 0 Å². The predicted molar refractivity (Wildman–Crippen MR) is 89.0 cm³/mol. The minimum atomic E-state index is -3.52. The zero-order valence-electron chi connectivity index (χ0n) is 13.9. The minimum Gasteiger partial charge on any atom is -0.369 e. The number of nitrogens with one attached hydrogen (secondary N) is 1. The van der Waals surface area contributed by atoms with Gasteiger partial charge in [-0.3, -0.25) is 23.3 Å². The van der Waals surface area contributed by atoms with Crippen LogP contribution < -0.4 is 11.3 Å². The number of nitrogens with zero attached hydrogens (tertiary/aromatic N) is 3. The van der Waals surface area contributed by atoms with Crippen molar-refractivity contribution in [1.29, 1.82) is 0 Å². The monoisotopic (exact) mass is 369 g/mol. The van der Waals surface area contributed by atoms with Crippen LogP contribution in [0.15, 0.2) is 11.1 Å². The third-order valence-corrected chi connectivity index (χ3v) is 6.17. The van der Waals surface area contributed by atoms with Gasteiger partial charge < -0.3 is 10.3 Å². The van der Waals surface area contributed by atoms with E-state index in [1.54, 1.807) is 20.2 Å². The highest BCUT2D eigenvalue weighted by atomic mass is 31.2. The predicted octanol–water partition coefficient (Wildman–Crippen LogP) is 1.60. The van der Waals surface area contributed by atoms with Gasteiger partial charge in [-0.15, -0.1) is 0 Å². The summed E-state index contributed by atoms with van der Waals surface area (Å²) in [6.07, 6.45) is 2.45. The molecule has 1 aliphatic carbocycles. The highest BCUT2D eigenvalue weighted by molar-refractivity contribution is 7.48. The Morgan fingerprint density at radius 2 is 2.28 bits per heavy atom. The highest BCUT2D eigenvalue weighted by Crippen LogP contribution is 2.59. The van der Waals surface area contributed by atoms with E-state index in [9.17, 15) is 9.36 Å². The molecule has 2 aliphatic rings. The first-order chi connectivity index (χ1) is 11.8. The zero-order chi connectivity index (χ0) is 17.8. The van der Waals surface area contributed by atoms with Crippen LogP contribution in [0.4, 0.5) is 5.95 Å². The number of H-pyrrole nitrogens is 1. The van der Waals surface area contributed by atoms with E-state index in [0.29, 0.717) is 18.7 Å². The Labute approximate surface area is 143 Å². The zero-order valence-corrected chi connectivity index (χ0v) is 14.8. The average molecular weight is 369 g/mol. The first kappa shape index (κ1) is 16.7. The number of phosphoric acid groups is 1. The van der Waals surface area contributed by atoms with Crippen LogP contribution in [0, 0.1) is 5.92 Å². The lowest BCUT2D eigenvalue weighted by molar-refractivity contribution is -0.00685. The van der Waals surface area contributed by atoms with Gasteiger partial charge in [0.15, 0.2) is 11.2 Å². The molecule has 3 N–H and O–H groups in total. The topological polar surface area (TPSA) is 134 Å². The number of imidazole rings is 1. The summed E-state index contributed by atoms with van der Waals surface area (Å²) in [5, 5.41) is 0. The van der Waals surface area contributed by atoms with E-state index >= 15 is 0 Å². The second kappa shape index (κ2) is 5.91. The van der Waals surface area contributed by atoms with Gasteiger partial charge in [-0.1, -0.05) is 0 Å². The van der Waals surface area contributed by atoms with E-state index < -0.39 is 7.82 Å². The van der Waals surface area contributed by atoms with E-state index in [2.05, 4.69) is 15.0 Å². The largest absolute Gasteiger partial charge is 0.475 e. The van der Waals surface area contributed by atoms with Crippen LogP contribution in [-0.4, -0.2) is 38.3 Å².